The number of nitrogens with zero attached hydrogens (tertiary/aromatic N) is 6. The third-order valence-corrected chi connectivity index (χ3v) is 17.1. The van der Waals surface area contributed by atoms with E-state index < -0.39 is 57.6 Å². The summed E-state index contributed by atoms with van der Waals surface area (Å²) < 4.78 is 62.8. The largest absolute Gasteiger partial charge is 0.408 e. The van der Waals surface area contributed by atoms with Crippen LogP contribution in [0.25, 0.3) is 11.2 Å². The molecule has 1 unspecified atom stereocenters. The highest BCUT2D eigenvalue weighted by atomic mass is 31.2. The minimum atomic E-state index is -3.26. The Balaban J connectivity index is 1.56. The van der Waals surface area contributed by atoms with Gasteiger partial charge in [0.2, 0.25) is 7.37 Å². The average Bonchev–Trinajstić information content (AvgIpc) is 3.75. The molecular formula is C40H62N7O10PSi. The molecule has 0 spiro atoms. The first-order valence-corrected chi connectivity index (χ1v) is 25.2. The van der Waals surface area contributed by atoms with Crippen molar-refractivity contribution < 1.29 is 37.2 Å². The van der Waals surface area contributed by atoms with Crippen molar-refractivity contribution in [3.63, 3.8) is 0 Å². The molecular weight excluding hydrogens is 798 g/mol. The summed E-state index contributed by atoms with van der Waals surface area (Å²) >= 11 is 0. The van der Waals surface area contributed by atoms with Gasteiger partial charge in [-0.3, -0.25) is 13.9 Å². The lowest BCUT2D eigenvalue weighted by Gasteiger charge is -2.41. The number of ether oxygens (including phenoxy) is 5. The summed E-state index contributed by atoms with van der Waals surface area (Å²) in [6, 6.07) is 9.49. The Morgan fingerprint density at radius 1 is 1.05 bits per heavy atom. The van der Waals surface area contributed by atoms with Crippen molar-refractivity contribution in [2.24, 2.45) is 0 Å². The Bertz CT molecular complexity index is 2140. The highest BCUT2D eigenvalue weighted by Crippen LogP contribution is 2.48. The van der Waals surface area contributed by atoms with Crippen molar-refractivity contribution in [3.8, 4) is 0 Å². The quantitative estimate of drug-likeness (QED) is 0.0653. The highest BCUT2D eigenvalue weighted by molar-refractivity contribution is 7.58. The first-order chi connectivity index (χ1) is 28.0. The van der Waals surface area contributed by atoms with Gasteiger partial charge in [0.05, 0.1) is 57.3 Å². The van der Waals surface area contributed by atoms with E-state index in [9.17, 15) is 14.2 Å². The van der Waals surface area contributed by atoms with E-state index >= 15 is 0 Å². The molecule has 17 nitrogen and oxygen atoms in total. The maximum absolute atomic E-state index is 14.4. The van der Waals surface area contributed by atoms with Gasteiger partial charge in [-0.25, -0.2) is 24.3 Å². The van der Waals surface area contributed by atoms with Crippen LogP contribution in [0, 0.1) is 6.92 Å². The predicted octanol–water partition coefficient (Wildman–Crippen LogP) is 4.70. The molecule has 1 aromatic carbocycles. The third-order valence-electron chi connectivity index (χ3n) is 10.8. The number of aromatic nitrogens is 6. The number of hydrogen-bond donors (Lipinski definition) is 1. The van der Waals surface area contributed by atoms with Crippen LogP contribution in [0.2, 0.25) is 18.1 Å². The standard InChI is InChI=1S/C40H62N7O10PSi/c1-11-55-58(8,50)24-31(53-18-17-45-26-44-32-30(21-41-6)42-25-43-36(32)45)33-34(57-59(9,10)40(3,4)5)35(54-20-19-51-7)38(56-33)46-22-28(2)37(48)47(39(46)49)27-52-23-29-15-13-12-14-16-29/h12-16,22,25-26,31,33-35,38,41H,11,17-21,23-24,27H2,1-10H3/t31-,33-,34-,35-,38-,58?/m1/s1. The van der Waals surface area contributed by atoms with Crippen LogP contribution in [-0.2, 0) is 63.6 Å². The van der Waals surface area contributed by atoms with Gasteiger partial charge < -0.3 is 42.5 Å². The fourth-order valence-electron chi connectivity index (χ4n) is 6.76. The molecule has 59 heavy (non-hydrogen) atoms. The van der Waals surface area contributed by atoms with E-state index in [1.165, 1.54) is 17.1 Å². The van der Waals surface area contributed by atoms with Gasteiger partial charge in [0, 0.05) is 38.6 Å². The van der Waals surface area contributed by atoms with Crippen molar-refractivity contribution in [3.05, 3.63) is 86.8 Å². The number of aryl methyl sites for hydroxylation is 1. The van der Waals surface area contributed by atoms with Gasteiger partial charge in [-0.15, -0.1) is 0 Å². The summed E-state index contributed by atoms with van der Waals surface area (Å²) in [6.07, 6.45) is 0.135. The monoisotopic (exact) mass is 859 g/mol. The van der Waals surface area contributed by atoms with E-state index in [0.717, 1.165) is 15.8 Å². The normalized spacial score (nSPS) is 20.3. The van der Waals surface area contributed by atoms with Crippen molar-refractivity contribution in [2.45, 2.75) is 110 Å². The minimum Gasteiger partial charge on any atom is -0.408 e. The van der Waals surface area contributed by atoms with E-state index in [2.05, 4.69) is 54.1 Å². The number of methoxy groups -OCH3 is 1. The number of benzene rings is 1. The summed E-state index contributed by atoms with van der Waals surface area (Å²) in [7, 11) is -2.45. The van der Waals surface area contributed by atoms with Crippen LogP contribution < -0.4 is 16.6 Å². The maximum atomic E-state index is 14.4. The number of hydrogen-bond acceptors (Lipinski definition) is 14. The lowest BCUT2D eigenvalue weighted by molar-refractivity contribution is -0.105. The van der Waals surface area contributed by atoms with Crippen LogP contribution in [0.15, 0.2) is 58.8 Å². The number of imidazole rings is 1. The van der Waals surface area contributed by atoms with E-state index in [0.29, 0.717) is 29.8 Å². The molecule has 0 radical (unpaired) electrons. The number of fused-ring (bicyclic) bond motifs is 1. The molecule has 0 saturated carbocycles. The minimum absolute atomic E-state index is 0.0136. The predicted molar refractivity (Wildman–Crippen MR) is 226 cm³/mol. The van der Waals surface area contributed by atoms with Crippen molar-refractivity contribution in [2.75, 3.05) is 53.4 Å². The zero-order valence-electron chi connectivity index (χ0n) is 36.1. The first-order valence-electron chi connectivity index (χ1n) is 20.0. The van der Waals surface area contributed by atoms with Gasteiger partial charge in [-0.2, -0.15) is 0 Å². The first kappa shape index (κ1) is 46.6. The van der Waals surface area contributed by atoms with Crippen LogP contribution >= 0.6 is 7.37 Å². The molecule has 1 N–H and O–H groups in total. The molecule has 1 aliphatic rings. The number of nitrogens with one attached hydrogen (secondary N) is 1. The third kappa shape index (κ3) is 11.5. The van der Waals surface area contributed by atoms with Crippen LogP contribution in [0.5, 0.6) is 0 Å². The summed E-state index contributed by atoms with van der Waals surface area (Å²) in [4.78, 5) is 41.3. The van der Waals surface area contributed by atoms with E-state index in [1.807, 2.05) is 41.9 Å². The van der Waals surface area contributed by atoms with Crippen LogP contribution in [-0.4, -0.2) is 115 Å². The van der Waals surface area contributed by atoms with Gasteiger partial charge in [0.25, 0.3) is 5.56 Å². The summed E-state index contributed by atoms with van der Waals surface area (Å²) in [5, 5.41) is 2.88. The van der Waals surface area contributed by atoms with Crippen molar-refractivity contribution in [1.29, 1.82) is 0 Å². The molecule has 5 rings (SSSR count). The molecule has 4 heterocycles. The Morgan fingerprint density at radius 2 is 1.80 bits per heavy atom. The van der Waals surface area contributed by atoms with Gasteiger partial charge in [-0.1, -0.05) is 51.1 Å². The van der Waals surface area contributed by atoms with E-state index in [1.54, 1.807) is 33.9 Å². The van der Waals surface area contributed by atoms with Crippen molar-refractivity contribution >= 4 is 26.9 Å². The van der Waals surface area contributed by atoms with Gasteiger partial charge in [-0.05, 0) is 44.6 Å². The molecule has 0 amide bonds. The lowest BCUT2D eigenvalue weighted by atomic mass is 10.1. The molecule has 4 aromatic rings. The van der Waals surface area contributed by atoms with Crippen molar-refractivity contribution in [1.82, 2.24) is 34.0 Å². The fraction of sp³-hybridized carbons (Fsp3) is 0.625. The fourth-order valence-corrected chi connectivity index (χ4v) is 9.68. The molecule has 3 aromatic heterocycles. The lowest BCUT2D eigenvalue weighted by Crippen LogP contribution is -2.53. The molecule has 0 bridgehead atoms. The van der Waals surface area contributed by atoms with E-state index in [-0.39, 0.29) is 51.0 Å². The molecule has 1 fully saturated rings. The van der Waals surface area contributed by atoms with Crippen LogP contribution in [0.1, 0.15) is 50.7 Å². The molecule has 0 aliphatic carbocycles. The van der Waals surface area contributed by atoms with Gasteiger partial charge >= 0.3 is 5.69 Å². The zero-order valence-corrected chi connectivity index (χ0v) is 38.0. The molecule has 1 aliphatic heterocycles. The second-order valence-electron chi connectivity index (χ2n) is 16.3. The summed E-state index contributed by atoms with van der Waals surface area (Å²) in [5.74, 6) is 0. The molecule has 1 saturated heterocycles. The number of rotatable bonds is 22. The Kier molecular flexibility index (Phi) is 16.1. The zero-order chi connectivity index (χ0) is 43.0. The maximum Gasteiger partial charge on any atom is 0.335 e. The smallest absolute Gasteiger partial charge is 0.335 e. The van der Waals surface area contributed by atoms with E-state index in [4.69, 9.17) is 32.6 Å². The summed E-state index contributed by atoms with van der Waals surface area (Å²) in [5.41, 5.74) is 2.17. The van der Waals surface area contributed by atoms with Crippen LogP contribution in [0.3, 0.4) is 0 Å². The average molecular weight is 860 g/mol. The van der Waals surface area contributed by atoms with Gasteiger partial charge in [0.1, 0.15) is 36.9 Å². The van der Waals surface area contributed by atoms with Gasteiger partial charge in [0.15, 0.2) is 20.2 Å². The molecule has 326 valence electrons. The topological polar surface area (TPSA) is 181 Å². The Morgan fingerprint density at radius 3 is 2.47 bits per heavy atom. The second kappa shape index (κ2) is 20.4. The van der Waals surface area contributed by atoms with Crippen LogP contribution in [0.4, 0.5) is 0 Å². The second-order valence-corrected chi connectivity index (χ2v) is 23.8. The SMILES string of the molecule is CCOP(C)(=O)C[C@@H](OCCn1cnc2c(CNC)ncnc21)[C@H]1O[C@@H](n2cc(C)c(=O)n(COCc3ccccc3)c2=O)[C@H](OCCOC)[C@@H]1O[Si](C)(C)C(C)(C)C. The molecule has 6 atom stereocenters. The Labute approximate surface area is 347 Å². The summed E-state index contributed by atoms with van der Waals surface area (Å²) in [6.45, 7) is 17.3. The highest BCUT2D eigenvalue weighted by Gasteiger charge is 2.55. The Hall–Kier alpha value is -3.42. The molecule has 19 heteroatoms.